The average molecular weight is 253 g/mol. The maximum absolute atomic E-state index is 11.7. The van der Waals surface area contributed by atoms with Gasteiger partial charge in [0, 0.05) is 16.8 Å². The van der Waals surface area contributed by atoms with Crippen LogP contribution in [-0.4, -0.2) is 11.1 Å². The molecule has 0 amide bonds. The molecular weight excluding hydrogens is 240 g/mol. The van der Waals surface area contributed by atoms with Gasteiger partial charge in [-0.3, -0.25) is 4.79 Å². The molecule has 2 rings (SSSR count). The fourth-order valence-electron chi connectivity index (χ4n) is 2.01. The normalized spacial score (nSPS) is 19.0. The summed E-state index contributed by atoms with van der Waals surface area (Å²) in [6.45, 7) is 2.03. The van der Waals surface area contributed by atoms with Gasteiger partial charge in [0.15, 0.2) is 5.78 Å². The molecule has 0 saturated carbocycles. The Morgan fingerprint density at radius 1 is 1.43 bits per heavy atom. The Hall–Kier alpha value is -0.630. The van der Waals surface area contributed by atoms with E-state index in [1.807, 2.05) is 13.0 Å². The van der Waals surface area contributed by atoms with Crippen molar-refractivity contribution in [2.45, 2.75) is 25.7 Å². The Bertz CT molecular complexity index is 371. The second kappa shape index (κ2) is 3.85. The lowest BCUT2D eigenvalue weighted by molar-refractivity contribution is 0.0921. The number of rotatable bonds is 3. The SMILES string of the molecule is Cc1ccc2c(c1)C(=O)C2CCCBr. The lowest BCUT2D eigenvalue weighted by Crippen LogP contribution is -2.26. The molecule has 0 radical (unpaired) electrons. The van der Waals surface area contributed by atoms with Gasteiger partial charge in [-0.2, -0.15) is 0 Å². The smallest absolute Gasteiger partial charge is 0.170 e. The van der Waals surface area contributed by atoms with E-state index >= 15 is 0 Å². The molecule has 74 valence electrons. The van der Waals surface area contributed by atoms with Crippen molar-refractivity contribution in [2.75, 3.05) is 5.33 Å². The lowest BCUT2D eigenvalue weighted by Gasteiger charge is -2.28. The Morgan fingerprint density at radius 3 is 2.93 bits per heavy atom. The van der Waals surface area contributed by atoms with Crippen molar-refractivity contribution in [2.24, 2.45) is 0 Å². The van der Waals surface area contributed by atoms with E-state index in [0.29, 0.717) is 5.78 Å². The van der Waals surface area contributed by atoms with Crippen LogP contribution in [0.5, 0.6) is 0 Å². The number of Topliss-reactive ketones (excluding diaryl/α,β-unsaturated/α-hetero) is 1. The summed E-state index contributed by atoms with van der Waals surface area (Å²) in [4.78, 5) is 11.7. The number of fused-ring (bicyclic) bond motifs is 1. The number of benzene rings is 1. The topological polar surface area (TPSA) is 17.1 Å². The first-order valence-corrected chi connectivity index (χ1v) is 6.07. The zero-order valence-electron chi connectivity index (χ0n) is 8.22. The van der Waals surface area contributed by atoms with Gasteiger partial charge in [-0.05, 0) is 31.4 Å². The lowest BCUT2D eigenvalue weighted by atomic mass is 9.73. The summed E-state index contributed by atoms with van der Waals surface area (Å²) in [5.41, 5.74) is 3.38. The van der Waals surface area contributed by atoms with Crippen LogP contribution in [0.15, 0.2) is 18.2 Å². The highest BCUT2D eigenvalue weighted by Crippen LogP contribution is 2.38. The summed E-state index contributed by atoms with van der Waals surface area (Å²) in [5.74, 6) is 0.521. The molecule has 1 aliphatic rings. The average Bonchev–Trinajstić information content (AvgIpc) is 2.19. The van der Waals surface area contributed by atoms with Crippen molar-refractivity contribution in [3.05, 3.63) is 34.9 Å². The van der Waals surface area contributed by atoms with Crippen LogP contribution in [0.4, 0.5) is 0 Å². The molecule has 1 aliphatic carbocycles. The molecule has 2 heteroatoms. The molecule has 0 saturated heterocycles. The Kier molecular flexibility index (Phi) is 2.73. The van der Waals surface area contributed by atoms with Crippen molar-refractivity contribution in [1.29, 1.82) is 0 Å². The van der Waals surface area contributed by atoms with E-state index in [1.54, 1.807) is 0 Å². The largest absolute Gasteiger partial charge is 0.293 e. The van der Waals surface area contributed by atoms with E-state index in [1.165, 1.54) is 11.1 Å². The fraction of sp³-hybridized carbons (Fsp3) is 0.417. The number of ketones is 1. The van der Waals surface area contributed by atoms with Crippen LogP contribution in [0.25, 0.3) is 0 Å². The van der Waals surface area contributed by atoms with Crippen LogP contribution in [0, 0.1) is 6.92 Å². The third kappa shape index (κ3) is 1.52. The summed E-state index contributed by atoms with van der Waals surface area (Å²) in [6, 6.07) is 6.19. The highest BCUT2D eigenvalue weighted by molar-refractivity contribution is 9.09. The van der Waals surface area contributed by atoms with Gasteiger partial charge >= 0.3 is 0 Å². The molecule has 1 aromatic rings. The molecule has 0 heterocycles. The van der Waals surface area contributed by atoms with Gasteiger partial charge in [-0.1, -0.05) is 33.6 Å². The van der Waals surface area contributed by atoms with Crippen LogP contribution in [0.2, 0.25) is 0 Å². The van der Waals surface area contributed by atoms with Gasteiger partial charge in [0.05, 0.1) is 0 Å². The highest BCUT2D eigenvalue weighted by atomic mass is 79.9. The van der Waals surface area contributed by atoms with Crippen molar-refractivity contribution in [3.63, 3.8) is 0 Å². The third-order valence-electron chi connectivity index (χ3n) is 2.79. The first-order valence-electron chi connectivity index (χ1n) is 4.95. The first-order chi connectivity index (χ1) is 6.74. The van der Waals surface area contributed by atoms with Gasteiger partial charge in [0.2, 0.25) is 0 Å². The molecule has 1 aromatic carbocycles. The second-order valence-electron chi connectivity index (χ2n) is 3.84. The van der Waals surface area contributed by atoms with Gasteiger partial charge in [0.1, 0.15) is 0 Å². The van der Waals surface area contributed by atoms with E-state index in [4.69, 9.17) is 0 Å². The maximum atomic E-state index is 11.7. The number of carbonyl (C=O) groups is 1. The predicted octanol–water partition coefficient (Wildman–Crippen LogP) is 3.45. The molecule has 1 nitrogen and oxygen atoms in total. The van der Waals surface area contributed by atoms with Gasteiger partial charge in [0.25, 0.3) is 0 Å². The maximum Gasteiger partial charge on any atom is 0.170 e. The van der Waals surface area contributed by atoms with Crippen LogP contribution in [-0.2, 0) is 0 Å². The molecule has 14 heavy (non-hydrogen) atoms. The van der Waals surface area contributed by atoms with Crippen LogP contribution in [0.1, 0.15) is 40.2 Å². The number of aryl methyl sites for hydroxylation is 1. The minimum absolute atomic E-state index is 0.183. The molecule has 0 fully saturated rings. The van der Waals surface area contributed by atoms with Crippen LogP contribution < -0.4 is 0 Å². The number of hydrogen-bond acceptors (Lipinski definition) is 1. The molecule has 0 aliphatic heterocycles. The minimum Gasteiger partial charge on any atom is -0.293 e. The van der Waals surface area contributed by atoms with E-state index in [0.717, 1.165) is 23.7 Å². The molecule has 1 unspecified atom stereocenters. The Balaban J connectivity index is 2.19. The fourth-order valence-corrected chi connectivity index (χ4v) is 2.33. The molecule has 0 aromatic heterocycles. The zero-order valence-corrected chi connectivity index (χ0v) is 9.80. The number of carbonyl (C=O) groups excluding carboxylic acids is 1. The second-order valence-corrected chi connectivity index (χ2v) is 4.63. The molecule has 0 bridgehead atoms. The molecule has 0 spiro atoms. The Labute approximate surface area is 92.6 Å². The first kappa shape index (κ1) is 9.91. The van der Waals surface area contributed by atoms with Crippen molar-refractivity contribution in [1.82, 2.24) is 0 Å². The van der Waals surface area contributed by atoms with E-state index < -0.39 is 0 Å². The number of alkyl halides is 1. The third-order valence-corrected chi connectivity index (χ3v) is 3.35. The summed E-state index contributed by atoms with van der Waals surface area (Å²) < 4.78 is 0. The summed E-state index contributed by atoms with van der Waals surface area (Å²) in [6.07, 6.45) is 2.06. The Morgan fingerprint density at radius 2 is 2.21 bits per heavy atom. The minimum atomic E-state index is 0.183. The molecule has 0 N–H and O–H groups in total. The van der Waals surface area contributed by atoms with Crippen molar-refractivity contribution in [3.8, 4) is 0 Å². The monoisotopic (exact) mass is 252 g/mol. The number of halogens is 1. The van der Waals surface area contributed by atoms with Crippen LogP contribution in [0.3, 0.4) is 0 Å². The van der Waals surface area contributed by atoms with Gasteiger partial charge in [-0.15, -0.1) is 0 Å². The standard InChI is InChI=1S/C12H13BrO/c1-8-4-5-9-10(3-2-6-13)12(14)11(9)7-8/h4-5,7,10H,2-3,6H2,1H3. The van der Waals surface area contributed by atoms with E-state index in [2.05, 4.69) is 28.1 Å². The summed E-state index contributed by atoms with van der Waals surface area (Å²) in [5, 5.41) is 0.984. The number of hydrogen-bond donors (Lipinski definition) is 0. The molecule has 1 atom stereocenters. The summed E-state index contributed by atoms with van der Waals surface area (Å²) >= 11 is 3.39. The molecular formula is C12H13BrO. The van der Waals surface area contributed by atoms with Crippen molar-refractivity contribution < 1.29 is 4.79 Å². The van der Waals surface area contributed by atoms with E-state index in [-0.39, 0.29) is 5.92 Å². The van der Waals surface area contributed by atoms with E-state index in [9.17, 15) is 4.79 Å². The van der Waals surface area contributed by atoms with Gasteiger partial charge < -0.3 is 0 Å². The quantitative estimate of drug-likeness (QED) is 0.754. The van der Waals surface area contributed by atoms with Crippen molar-refractivity contribution >= 4 is 21.7 Å². The zero-order chi connectivity index (χ0) is 10.1. The summed E-state index contributed by atoms with van der Waals surface area (Å²) in [7, 11) is 0. The van der Waals surface area contributed by atoms with Crippen LogP contribution >= 0.6 is 15.9 Å². The highest BCUT2D eigenvalue weighted by Gasteiger charge is 2.34. The predicted molar refractivity (Wildman–Crippen MR) is 61.3 cm³/mol. The van der Waals surface area contributed by atoms with Gasteiger partial charge in [-0.25, -0.2) is 0 Å².